The van der Waals surface area contributed by atoms with Crippen LogP contribution in [0.2, 0.25) is 0 Å². The van der Waals surface area contributed by atoms with Crippen LogP contribution in [0.1, 0.15) is 34.6 Å². The standard InChI is InChI=1S/C13H28N2O/c1-10(2)9-15(11(3)4)12(5)13-8-14-6-7-16-13/h10-14H,6-9H2,1-5H3. The maximum absolute atomic E-state index is 5.85. The van der Waals surface area contributed by atoms with Crippen molar-refractivity contribution in [2.24, 2.45) is 5.92 Å². The lowest BCUT2D eigenvalue weighted by molar-refractivity contribution is -0.0367. The van der Waals surface area contributed by atoms with Crippen molar-refractivity contribution in [3.8, 4) is 0 Å². The molecule has 0 aromatic heterocycles. The molecule has 1 fully saturated rings. The fourth-order valence-electron chi connectivity index (χ4n) is 2.38. The van der Waals surface area contributed by atoms with Crippen molar-refractivity contribution in [3.05, 3.63) is 0 Å². The van der Waals surface area contributed by atoms with E-state index in [0.29, 0.717) is 24.1 Å². The number of rotatable bonds is 5. The molecule has 1 aliphatic heterocycles. The first-order chi connectivity index (χ1) is 7.52. The number of nitrogens with zero attached hydrogens (tertiary/aromatic N) is 1. The molecule has 0 amide bonds. The summed E-state index contributed by atoms with van der Waals surface area (Å²) < 4.78 is 5.85. The Labute approximate surface area is 101 Å². The predicted octanol–water partition coefficient (Wildman–Crippen LogP) is 1.73. The van der Waals surface area contributed by atoms with Gasteiger partial charge in [0.15, 0.2) is 0 Å². The molecule has 96 valence electrons. The summed E-state index contributed by atoms with van der Waals surface area (Å²) in [6.07, 6.45) is 0.342. The number of morpholine rings is 1. The van der Waals surface area contributed by atoms with Gasteiger partial charge in [-0.05, 0) is 26.7 Å². The second-order valence-electron chi connectivity index (χ2n) is 5.54. The Hall–Kier alpha value is -0.120. The molecule has 0 saturated carbocycles. The fraction of sp³-hybridized carbons (Fsp3) is 1.00. The first-order valence-corrected chi connectivity index (χ1v) is 6.60. The van der Waals surface area contributed by atoms with Gasteiger partial charge in [-0.15, -0.1) is 0 Å². The highest BCUT2D eigenvalue weighted by Gasteiger charge is 2.27. The highest BCUT2D eigenvalue weighted by atomic mass is 16.5. The molecule has 2 unspecified atom stereocenters. The molecule has 1 aliphatic rings. The van der Waals surface area contributed by atoms with Gasteiger partial charge in [-0.2, -0.15) is 0 Å². The van der Waals surface area contributed by atoms with Crippen LogP contribution < -0.4 is 5.32 Å². The van der Waals surface area contributed by atoms with Crippen LogP contribution in [0, 0.1) is 5.92 Å². The SMILES string of the molecule is CC(C)CN(C(C)C)C(C)C1CNCCO1. The summed E-state index contributed by atoms with van der Waals surface area (Å²) in [6, 6.07) is 1.08. The number of nitrogens with one attached hydrogen (secondary N) is 1. The Morgan fingerprint density at radius 2 is 1.94 bits per heavy atom. The summed E-state index contributed by atoms with van der Waals surface area (Å²) in [5.41, 5.74) is 0. The van der Waals surface area contributed by atoms with E-state index in [1.54, 1.807) is 0 Å². The van der Waals surface area contributed by atoms with E-state index in [1.165, 1.54) is 0 Å². The van der Waals surface area contributed by atoms with Crippen molar-refractivity contribution in [3.63, 3.8) is 0 Å². The summed E-state index contributed by atoms with van der Waals surface area (Å²) in [4.78, 5) is 2.56. The van der Waals surface area contributed by atoms with Gasteiger partial charge in [0.05, 0.1) is 12.7 Å². The molecule has 1 rings (SSSR count). The number of hydrogen-bond donors (Lipinski definition) is 1. The summed E-state index contributed by atoms with van der Waals surface area (Å²) in [5, 5.41) is 3.41. The second-order valence-corrected chi connectivity index (χ2v) is 5.54. The third kappa shape index (κ3) is 4.04. The highest BCUT2D eigenvalue weighted by Crippen LogP contribution is 2.15. The van der Waals surface area contributed by atoms with Crippen molar-refractivity contribution >= 4 is 0 Å². The average Bonchev–Trinajstić information content (AvgIpc) is 2.25. The van der Waals surface area contributed by atoms with Gasteiger partial charge in [-0.3, -0.25) is 4.90 Å². The summed E-state index contributed by atoms with van der Waals surface area (Å²) >= 11 is 0. The quantitative estimate of drug-likeness (QED) is 0.775. The van der Waals surface area contributed by atoms with Crippen molar-refractivity contribution in [1.29, 1.82) is 0 Å². The van der Waals surface area contributed by atoms with Gasteiger partial charge in [0.2, 0.25) is 0 Å². The molecule has 0 bridgehead atoms. The van der Waals surface area contributed by atoms with Gasteiger partial charge in [-0.25, -0.2) is 0 Å². The summed E-state index contributed by atoms with van der Waals surface area (Å²) in [7, 11) is 0. The number of hydrogen-bond acceptors (Lipinski definition) is 3. The Morgan fingerprint density at radius 3 is 2.38 bits per heavy atom. The molecule has 0 aromatic carbocycles. The van der Waals surface area contributed by atoms with Gasteiger partial charge in [-0.1, -0.05) is 13.8 Å². The fourth-order valence-corrected chi connectivity index (χ4v) is 2.38. The van der Waals surface area contributed by atoms with Crippen LogP contribution in [0.4, 0.5) is 0 Å². The van der Waals surface area contributed by atoms with Crippen molar-refractivity contribution in [1.82, 2.24) is 10.2 Å². The number of ether oxygens (including phenoxy) is 1. The molecular formula is C13H28N2O. The largest absolute Gasteiger partial charge is 0.374 e. The van der Waals surface area contributed by atoms with Gasteiger partial charge in [0.25, 0.3) is 0 Å². The summed E-state index contributed by atoms with van der Waals surface area (Å²) in [6.45, 7) is 15.4. The molecule has 0 aliphatic carbocycles. The molecular weight excluding hydrogens is 200 g/mol. The van der Waals surface area contributed by atoms with Crippen LogP contribution in [-0.4, -0.2) is 49.3 Å². The topological polar surface area (TPSA) is 24.5 Å². The Bertz CT molecular complexity index is 188. The molecule has 1 saturated heterocycles. The smallest absolute Gasteiger partial charge is 0.0852 e. The van der Waals surface area contributed by atoms with Crippen molar-refractivity contribution in [2.75, 3.05) is 26.2 Å². The first-order valence-electron chi connectivity index (χ1n) is 6.60. The van der Waals surface area contributed by atoms with Crippen LogP contribution in [0.3, 0.4) is 0 Å². The Kier molecular flexibility index (Phi) is 5.73. The minimum atomic E-state index is 0.342. The average molecular weight is 228 g/mol. The van der Waals surface area contributed by atoms with E-state index in [4.69, 9.17) is 4.74 Å². The molecule has 0 aromatic rings. The van der Waals surface area contributed by atoms with Crippen LogP contribution in [0.15, 0.2) is 0 Å². The molecule has 1 heterocycles. The van der Waals surface area contributed by atoms with Crippen LogP contribution >= 0.6 is 0 Å². The second kappa shape index (κ2) is 6.58. The third-order valence-electron chi connectivity index (χ3n) is 3.26. The van der Waals surface area contributed by atoms with E-state index in [9.17, 15) is 0 Å². The normalized spacial score (nSPS) is 24.4. The van der Waals surface area contributed by atoms with Crippen LogP contribution in [-0.2, 0) is 4.74 Å². The predicted molar refractivity (Wildman–Crippen MR) is 68.8 cm³/mol. The van der Waals surface area contributed by atoms with Gasteiger partial charge < -0.3 is 10.1 Å². The van der Waals surface area contributed by atoms with Crippen molar-refractivity contribution in [2.45, 2.75) is 52.8 Å². The van der Waals surface area contributed by atoms with E-state index in [-0.39, 0.29) is 0 Å². The van der Waals surface area contributed by atoms with E-state index in [1.807, 2.05) is 0 Å². The van der Waals surface area contributed by atoms with E-state index >= 15 is 0 Å². The minimum Gasteiger partial charge on any atom is -0.374 e. The maximum atomic E-state index is 5.85. The van der Waals surface area contributed by atoms with E-state index in [2.05, 4.69) is 44.8 Å². The first kappa shape index (κ1) is 13.9. The zero-order valence-corrected chi connectivity index (χ0v) is 11.5. The molecule has 3 heteroatoms. The maximum Gasteiger partial charge on any atom is 0.0852 e. The van der Waals surface area contributed by atoms with Crippen molar-refractivity contribution < 1.29 is 4.74 Å². The van der Waals surface area contributed by atoms with E-state index < -0.39 is 0 Å². The van der Waals surface area contributed by atoms with Gasteiger partial charge in [0.1, 0.15) is 0 Å². The molecule has 0 spiro atoms. The lowest BCUT2D eigenvalue weighted by atomic mass is 10.1. The lowest BCUT2D eigenvalue weighted by Gasteiger charge is -2.39. The third-order valence-corrected chi connectivity index (χ3v) is 3.26. The Balaban J connectivity index is 2.54. The molecule has 1 N–H and O–H groups in total. The molecule has 2 atom stereocenters. The monoisotopic (exact) mass is 228 g/mol. The molecule has 3 nitrogen and oxygen atoms in total. The highest BCUT2D eigenvalue weighted by molar-refractivity contribution is 4.82. The Morgan fingerprint density at radius 1 is 1.25 bits per heavy atom. The van der Waals surface area contributed by atoms with Gasteiger partial charge >= 0.3 is 0 Å². The van der Waals surface area contributed by atoms with E-state index in [0.717, 1.165) is 26.2 Å². The zero-order chi connectivity index (χ0) is 12.1. The molecule has 16 heavy (non-hydrogen) atoms. The lowest BCUT2D eigenvalue weighted by Crippen LogP contribution is -2.53. The summed E-state index contributed by atoms with van der Waals surface area (Å²) in [5.74, 6) is 0.710. The minimum absolute atomic E-state index is 0.342. The molecule has 0 radical (unpaired) electrons. The zero-order valence-electron chi connectivity index (χ0n) is 11.5. The van der Waals surface area contributed by atoms with Crippen LogP contribution in [0.5, 0.6) is 0 Å². The van der Waals surface area contributed by atoms with Crippen LogP contribution in [0.25, 0.3) is 0 Å². The van der Waals surface area contributed by atoms with Gasteiger partial charge in [0, 0.05) is 31.7 Å².